The zero-order chi connectivity index (χ0) is 23.5. The van der Waals surface area contributed by atoms with Crippen LogP contribution in [0.25, 0.3) is 0 Å². The molecular weight excluding hydrogens is 400 g/mol. The number of hydrogen-bond donors (Lipinski definition) is 4. The van der Waals surface area contributed by atoms with Gasteiger partial charge in [-0.2, -0.15) is 0 Å². The van der Waals surface area contributed by atoms with E-state index in [1.54, 1.807) is 0 Å². The van der Waals surface area contributed by atoms with E-state index in [0.29, 0.717) is 0 Å². The number of carbonyl (C=O) groups is 4. The Bertz CT molecular complexity index is 628. The first kappa shape index (κ1) is 27.3. The minimum Gasteiger partial charge on any atom is -0.481 e. The van der Waals surface area contributed by atoms with Crippen LogP contribution in [0, 0.1) is 5.41 Å². The second-order valence-corrected chi connectivity index (χ2v) is 7.31. The zero-order valence-electron chi connectivity index (χ0n) is 17.3. The predicted molar refractivity (Wildman–Crippen MR) is 104 cm³/mol. The fourth-order valence-corrected chi connectivity index (χ4v) is 2.76. The van der Waals surface area contributed by atoms with Gasteiger partial charge in [0.1, 0.15) is 13.2 Å². The first-order chi connectivity index (χ1) is 13.8. The molecule has 10 heteroatoms. The van der Waals surface area contributed by atoms with E-state index in [0.717, 1.165) is 0 Å². The predicted octanol–water partition coefficient (Wildman–Crippen LogP) is 1.05. The molecule has 0 aromatic heterocycles. The number of carbonyl (C=O) groups excluding carboxylic acids is 2. The molecule has 0 saturated heterocycles. The highest BCUT2D eigenvalue weighted by molar-refractivity contribution is 5.87. The Morgan fingerprint density at radius 1 is 0.867 bits per heavy atom. The van der Waals surface area contributed by atoms with Gasteiger partial charge in [0.25, 0.3) is 0 Å². The third kappa shape index (κ3) is 10.2. The molecule has 0 aliphatic rings. The second-order valence-electron chi connectivity index (χ2n) is 7.31. The van der Waals surface area contributed by atoms with Gasteiger partial charge in [-0.3, -0.25) is 9.59 Å². The van der Waals surface area contributed by atoms with Gasteiger partial charge in [0.2, 0.25) is 0 Å². The minimum atomic E-state index is -1.74. The van der Waals surface area contributed by atoms with Crippen molar-refractivity contribution in [1.29, 1.82) is 0 Å². The van der Waals surface area contributed by atoms with Crippen molar-refractivity contribution in [2.75, 3.05) is 13.2 Å². The SMILES string of the molecule is C=C(C)C(=O)OCC(O)CC(CCCC(=O)O)(CC(O)COC(=O)C(=C)C)C(=O)O. The molecule has 0 aromatic rings. The fraction of sp³-hybridized carbons (Fsp3) is 0.600. The van der Waals surface area contributed by atoms with Crippen molar-refractivity contribution in [1.82, 2.24) is 0 Å². The van der Waals surface area contributed by atoms with Crippen molar-refractivity contribution in [3.8, 4) is 0 Å². The van der Waals surface area contributed by atoms with Crippen molar-refractivity contribution in [2.24, 2.45) is 5.41 Å². The highest BCUT2D eigenvalue weighted by Crippen LogP contribution is 2.36. The number of esters is 2. The molecule has 0 bridgehead atoms. The molecule has 0 radical (unpaired) electrons. The maximum Gasteiger partial charge on any atom is 0.333 e. The molecule has 10 nitrogen and oxygen atoms in total. The van der Waals surface area contributed by atoms with Crippen LogP contribution >= 0.6 is 0 Å². The summed E-state index contributed by atoms with van der Waals surface area (Å²) in [6, 6.07) is 0. The summed E-state index contributed by atoms with van der Waals surface area (Å²) in [6.45, 7) is 8.60. The van der Waals surface area contributed by atoms with E-state index in [2.05, 4.69) is 13.2 Å². The number of rotatable bonds is 15. The van der Waals surface area contributed by atoms with E-state index in [-0.39, 0.29) is 30.4 Å². The highest BCUT2D eigenvalue weighted by Gasteiger charge is 2.42. The smallest absolute Gasteiger partial charge is 0.333 e. The fourth-order valence-electron chi connectivity index (χ4n) is 2.76. The second kappa shape index (κ2) is 12.8. The van der Waals surface area contributed by atoms with Gasteiger partial charge in [-0.15, -0.1) is 0 Å². The van der Waals surface area contributed by atoms with E-state index in [9.17, 15) is 34.5 Å². The topological polar surface area (TPSA) is 168 Å². The van der Waals surface area contributed by atoms with Crippen LogP contribution in [0.1, 0.15) is 46.0 Å². The average molecular weight is 430 g/mol. The summed E-state index contributed by atoms with van der Waals surface area (Å²) in [5.41, 5.74) is -1.54. The Morgan fingerprint density at radius 2 is 1.27 bits per heavy atom. The van der Waals surface area contributed by atoms with E-state index in [1.807, 2.05) is 0 Å². The van der Waals surface area contributed by atoms with Crippen molar-refractivity contribution in [3.63, 3.8) is 0 Å². The Kier molecular flexibility index (Phi) is 11.6. The number of aliphatic hydroxyl groups is 2. The molecule has 30 heavy (non-hydrogen) atoms. The highest BCUT2D eigenvalue weighted by atomic mass is 16.5. The maximum absolute atomic E-state index is 12.0. The number of hydrogen-bond acceptors (Lipinski definition) is 8. The largest absolute Gasteiger partial charge is 0.481 e. The molecule has 4 N–H and O–H groups in total. The van der Waals surface area contributed by atoms with Crippen LogP contribution in [0.5, 0.6) is 0 Å². The maximum atomic E-state index is 12.0. The van der Waals surface area contributed by atoms with Gasteiger partial charge in [0.05, 0.1) is 17.6 Å². The molecule has 2 atom stereocenters. The molecule has 0 spiro atoms. The number of aliphatic carboxylic acids is 2. The lowest BCUT2D eigenvalue weighted by Gasteiger charge is -2.33. The molecule has 0 saturated carbocycles. The molecule has 0 rings (SSSR count). The number of ether oxygens (including phenoxy) is 2. The molecule has 0 aliphatic heterocycles. The van der Waals surface area contributed by atoms with Gasteiger partial charge in [0.15, 0.2) is 0 Å². The van der Waals surface area contributed by atoms with E-state index >= 15 is 0 Å². The first-order valence-corrected chi connectivity index (χ1v) is 9.27. The summed E-state index contributed by atoms with van der Waals surface area (Å²) >= 11 is 0. The van der Waals surface area contributed by atoms with Crippen LogP contribution in [0.2, 0.25) is 0 Å². The molecule has 2 unspecified atom stereocenters. The molecule has 0 aromatic carbocycles. The van der Waals surface area contributed by atoms with Crippen molar-refractivity contribution >= 4 is 23.9 Å². The van der Waals surface area contributed by atoms with Crippen LogP contribution in [0.4, 0.5) is 0 Å². The Morgan fingerprint density at radius 3 is 1.57 bits per heavy atom. The summed E-state index contributed by atoms with van der Waals surface area (Å²) in [6.07, 6.45) is -4.13. The van der Waals surface area contributed by atoms with Crippen LogP contribution in [0.15, 0.2) is 24.3 Å². The minimum absolute atomic E-state index is 0.0296. The van der Waals surface area contributed by atoms with E-state index in [1.165, 1.54) is 13.8 Å². The lowest BCUT2D eigenvalue weighted by molar-refractivity contribution is -0.157. The lowest BCUT2D eigenvalue weighted by atomic mass is 9.73. The summed E-state index contributed by atoms with van der Waals surface area (Å²) in [7, 11) is 0. The van der Waals surface area contributed by atoms with Crippen LogP contribution in [0.3, 0.4) is 0 Å². The molecular formula is C20H30O10. The van der Waals surface area contributed by atoms with Gasteiger partial charge in [-0.1, -0.05) is 13.2 Å². The van der Waals surface area contributed by atoms with Crippen molar-refractivity contribution < 1.29 is 49.1 Å². The summed E-state index contributed by atoms with van der Waals surface area (Å²) in [5, 5.41) is 39.1. The van der Waals surface area contributed by atoms with Crippen molar-refractivity contribution in [3.05, 3.63) is 24.3 Å². The Balaban J connectivity index is 5.32. The van der Waals surface area contributed by atoms with Crippen LogP contribution in [-0.2, 0) is 28.7 Å². The van der Waals surface area contributed by atoms with Gasteiger partial charge in [-0.25, -0.2) is 9.59 Å². The number of carboxylic acid groups (broad SMARTS) is 2. The molecule has 0 amide bonds. The van der Waals surface area contributed by atoms with Crippen LogP contribution in [-0.4, -0.2) is 69.7 Å². The normalized spacial score (nSPS) is 14.7. The monoisotopic (exact) mass is 430 g/mol. The molecule has 0 fully saturated rings. The number of aliphatic hydroxyl groups excluding tert-OH is 2. The number of carboxylic acids is 2. The molecule has 0 heterocycles. The van der Waals surface area contributed by atoms with Crippen molar-refractivity contribution in [2.45, 2.75) is 58.2 Å². The first-order valence-electron chi connectivity index (χ1n) is 9.27. The summed E-state index contributed by atoms with van der Waals surface area (Å²) < 4.78 is 9.65. The third-order valence-electron chi connectivity index (χ3n) is 4.26. The van der Waals surface area contributed by atoms with Gasteiger partial charge < -0.3 is 29.9 Å². The summed E-state index contributed by atoms with van der Waals surface area (Å²) in [4.78, 5) is 45.8. The Labute approximate surface area is 174 Å². The van der Waals surface area contributed by atoms with Crippen LogP contribution < -0.4 is 0 Å². The van der Waals surface area contributed by atoms with Gasteiger partial charge in [0, 0.05) is 17.6 Å². The summed E-state index contributed by atoms with van der Waals surface area (Å²) in [5.74, 6) is -4.01. The zero-order valence-corrected chi connectivity index (χ0v) is 17.3. The lowest BCUT2D eigenvalue weighted by Crippen LogP contribution is -2.40. The molecule has 0 aliphatic carbocycles. The van der Waals surface area contributed by atoms with E-state index in [4.69, 9.17) is 14.6 Å². The van der Waals surface area contributed by atoms with Gasteiger partial charge >= 0.3 is 23.9 Å². The quantitative estimate of drug-likeness (QED) is 0.218. The third-order valence-corrected chi connectivity index (χ3v) is 4.26. The Hall–Kier alpha value is -2.72. The average Bonchev–Trinajstić information content (AvgIpc) is 2.63. The van der Waals surface area contributed by atoms with Gasteiger partial charge in [-0.05, 0) is 39.5 Å². The standard InChI is InChI=1S/C20H30O10/c1-12(2)17(25)29-10-14(21)8-20(19(27)28,7-5-6-16(23)24)9-15(22)11-30-18(26)13(3)4/h14-15,21-22H,1,3,5-11H2,2,4H3,(H,23,24)(H,27,28). The molecule has 170 valence electrons. The van der Waals surface area contributed by atoms with E-state index < -0.39 is 67.6 Å².